The second-order valence-electron chi connectivity index (χ2n) is 5.70. The Morgan fingerprint density at radius 3 is 2.77 bits per heavy atom. The van der Waals surface area contributed by atoms with Gasteiger partial charge >= 0.3 is 5.97 Å². The molecule has 8 heteroatoms. The molecule has 2 heterocycles. The van der Waals surface area contributed by atoms with Gasteiger partial charge in [-0.3, -0.25) is 9.48 Å². The number of carbonyl (C=O) groups excluding carboxylic acids is 1. The first-order valence-electron chi connectivity index (χ1n) is 8.01. The minimum atomic E-state index is -1.06. The number of pyridine rings is 1. The Hall–Kier alpha value is -3.42. The molecule has 0 fully saturated rings. The Morgan fingerprint density at radius 2 is 2.08 bits per heavy atom. The van der Waals surface area contributed by atoms with Crippen LogP contribution in [0.4, 0.5) is 5.69 Å². The van der Waals surface area contributed by atoms with E-state index in [1.807, 2.05) is 0 Å². The second kappa shape index (κ2) is 6.83. The van der Waals surface area contributed by atoms with E-state index in [9.17, 15) is 9.59 Å². The summed E-state index contributed by atoms with van der Waals surface area (Å²) in [6.07, 6.45) is 1.64. The van der Waals surface area contributed by atoms with Crippen molar-refractivity contribution in [2.75, 3.05) is 11.9 Å². The zero-order valence-electron chi connectivity index (χ0n) is 14.6. The largest absolute Gasteiger partial charge is 0.492 e. The molecule has 1 aromatic carbocycles. The van der Waals surface area contributed by atoms with Crippen molar-refractivity contribution in [3.8, 4) is 5.75 Å². The fraction of sp³-hybridized carbons (Fsp3) is 0.222. The maximum Gasteiger partial charge on any atom is 0.335 e. The number of nitrogens with one attached hydrogen (secondary N) is 1. The molecule has 0 saturated carbocycles. The van der Waals surface area contributed by atoms with E-state index in [1.165, 1.54) is 18.2 Å². The van der Waals surface area contributed by atoms with Crippen LogP contribution in [-0.4, -0.2) is 38.4 Å². The molecular weight excluding hydrogens is 336 g/mol. The monoisotopic (exact) mass is 354 g/mol. The van der Waals surface area contributed by atoms with Crippen molar-refractivity contribution in [3.05, 3.63) is 47.3 Å². The molecule has 26 heavy (non-hydrogen) atoms. The van der Waals surface area contributed by atoms with Gasteiger partial charge in [0.2, 0.25) is 0 Å². The van der Waals surface area contributed by atoms with E-state index in [4.69, 9.17) is 9.84 Å². The van der Waals surface area contributed by atoms with E-state index in [1.54, 1.807) is 37.8 Å². The molecule has 0 aliphatic heterocycles. The number of carboxylic acids is 1. The Labute approximate surface area is 149 Å². The lowest BCUT2D eigenvalue weighted by molar-refractivity contribution is 0.0696. The van der Waals surface area contributed by atoms with Gasteiger partial charge in [0.15, 0.2) is 0 Å². The summed E-state index contributed by atoms with van der Waals surface area (Å²) in [6.45, 7) is 3.87. The number of ether oxygens (including phenoxy) is 1. The van der Waals surface area contributed by atoms with E-state index < -0.39 is 5.97 Å². The van der Waals surface area contributed by atoms with Gasteiger partial charge in [0, 0.05) is 7.05 Å². The molecule has 0 radical (unpaired) electrons. The van der Waals surface area contributed by atoms with Gasteiger partial charge in [0.05, 0.1) is 40.8 Å². The third kappa shape index (κ3) is 3.21. The predicted molar refractivity (Wildman–Crippen MR) is 95.8 cm³/mol. The van der Waals surface area contributed by atoms with Gasteiger partial charge in [-0.1, -0.05) is 0 Å². The SMILES string of the molecule is CCOc1cc(C(=O)O)ccc1NC(=O)c1cc2c(cnn2C)nc1C. The number of aromatic carboxylic acids is 1. The molecule has 2 N–H and O–H groups in total. The standard InChI is InChI=1S/C18H18N4O4/c1-4-26-16-7-11(18(24)25)5-6-13(16)21-17(23)12-8-15-14(20-10(12)2)9-19-22(15)3/h5-9H,4H2,1-3H3,(H,21,23)(H,24,25). The number of aryl methyl sites for hydroxylation is 2. The lowest BCUT2D eigenvalue weighted by Crippen LogP contribution is -2.15. The number of amides is 1. The van der Waals surface area contributed by atoms with Crippen LogP contribution in [0, 0.1) is 6.92 Å². The summed E-state index contributed by atoms with van der Waals surface area (Å²) >= 11 is 0. The van der Waals surface area contributed by atoms with E-state index in [0.29, 0.717) is 34.8 Å². The number of carboxylic acid groups (broad SMARTS) is 1. The van der Waals surface area contributed by atoms with E-state index in [0.717, 1.165) is 5.52 Å². The van der Waals surface area contributed by atoms with Crippen molar-refractivity contribution in [1.29, 1.82) is 0 Å². The van der Waals surface area contributed by atoms with Crippen LogP contribution in [-0.2, 0) is 7.05 Å². The van der Waals surface area contributed by atoms with Gasteiger partial charge in [0.25, 0.3) is 5.91 Å². The highest BCUT2D eigenvalue weighted by Gasteiger charge is 2.17. The second-order valence-corrected chi connectivity index (χ2v) is 5.70. The third-order valence-electron chi connectivity index (χ3n) is 3.94. The average molecular weight is 354 g/mol. The van der Waals surface area contributed by atoms with Gasteiger partial charge in [-0.25, -0.2) is 9.78 Å². The molecule has 0 aliphatic rings. The van der Waals surface area contributed by atoms with Crippen molar-refractivity contribution < 1.29 is 19.4 Å². The predicted octanol–water partition coefficient (Wildman–Crippen LogP) is 2.63. The Kier molecular flexibility index (Phi) is 4.57. The summed E-state index contributed by atoms with van der Waals surface area (Å²) in [6, 6.07) is 6.04. The summed E-state index contributed by atoms with van der Waals surface area (Å²) in [5, 5.41) is 16.0. The number of rotatable bonds is 5. The number of hydrogen-bond acceptors (Lipinski definition) is 5. The number of nitrogens with zero attached hydrogens (tertiary/aromatic N) is 3. The van der Waals surface area contributed by atoms with Crippen LogP contribution in [0.15, 0.2) is 30.5 Å². The smallest absolute Gasteiger partial charge is 0.335 e. The van der Waals surface area contributed by atoms with Crippen LogP contribution in [0.25, 0.3) is 11.0 Å². The van der Waals surface area contributed by atoms with Crippen molar-refractivity contribution >= 4 is 28.6 Å². The maximum absolute atomic E-state index is 12.7. The molecule has 134 valence electrons. The average Bonchev–Trinajstić information content (AvgIpc) is 2.95. The maximum atomic E-state index is 12.7. The van der Waals surface area contributed by atoms with Crippen LogP contribution in [0.1, 0.15) is 33.3 Å². The molecule has 0 spiro atoms. The Morgan fingerprint density at radius 1 is 1.31 bits per heavy atom. The van der Waals surface area contributed by atoms with Gasteiger partial charge < -0.3 is 15.2 Å². The zero-order valence-corrected chi connectivity index (χ0v) is 14.6. The molecule has 0 saturated heterocycles. The van der Waals surface area contributed by atoms with E-state index in [2.05, 4.69) is 15.4 Å². The Bertz CT molecular complexity index is 1010. The summed E-state index contributed by atoms with van der Waals surface area (Å²) in [5.74, 6) is -1.12. The quantitative estimate of drug-likeness (QED) is 0.729. The van der Waals surface area contributed by atoms with Crippen molar-refractivity contribution in [2.45, 2.75) is 13.8 Å². The lowest BCUT2D eigenvalue weighted by atomic mass is 10.1. The molecule has 3 rings (SSSR count). The van der Waals surface area contributed by atoms with Crippen LogP contribution in [0.3, 0.4) is 0 Å². The molecule has 1 amide bonds. The normalized spacial score (nSPS) is 10.7. The van der Waals surface area contributed by atoms with E-state index >= 15 is 0 Å². The van der Waals surface area contributed by atoms with Gasteiger partial charge in [0.1, 0.15) is 11.3 Å². The summed E-state index contributed by atoms with van der Waals surface area (Å²) in [7, 11) is 1.78. The molecule has 3 aromatic rings. The van der Waals surface area contributed by atoms with Gasteiger partial charge in [-0.2, -0.15) is 5.10 Å². The first-order chi connectivity index (χ1) is 12.4. The molecule has 0 aliphatic carbocycles. The molecule has 8 nitrogen and oxygen atoms in total. The van der Waals surface area contributed by atoms with Crippen molar-refractivity contribution in [1.82, 2.24) is 14.8 Å². The summed E-state index contributed by atoms with van der Waals surface area (Å²) < 4.78 is 7.11. The highest BCUT2D eigenvalue weighted by Crippen LogP contribution is 2.27. The number of benzene rings is 1. The lowest BCUT2D eigenvalue weighted by Gasteiger charge is -2.13. The number of carbonyl (C=O) groups is 2. The fourth-order valence-corrected chi connectivity index (χ4v) is 2.62. The van der Waals surface area contributed by atoms with Crippen molar-refractivity contribution in [2.24, 2.45) is 7.05 Å². The van der Waals surface area contributed by atoms with Crippen LogP contribution >= 0.6 is 0 Å². The van der Waals surface area contributed by atoms with Crippen LogP contribution in [0.5, 0.6) is 5.75 Å². The van der Waals surface area contributed by atoms with Crippen LogP contribution in [0.2, 0.25) is 0 Å². The molecule has 0 bridgehead atoms. The Balaban J connectivity index is 1.96. The molecular formula is C18H18N4O4. The van der Waals surface area contributed by atoms with Gasteiger partial charge in [-0.05, 0) is 38.1 Å². The van der Waals surface area contributed by atoms with Crippen molar-refractivity contribution in [3.63, 3.8) is 0 Å². The van der Waals surface area contributed by atoms with Crippen LogP contribution < -0.4 is 10.1 Å². The first kappa shape index (κ1) is 17.4. The molecule has 0 unspecified atom stereocenters. The van der Waals surface area contributed by atoms with Gasteiger partial charge in [-0.15, -0.1) is 0 Å². The summed E-state index contributed by atoms with van der Waals surface area (Å²) in [5.41, 5.74) is 2.91. The number of hydrogen-bond donors (Lipinski definition) is 2. The molecule has 0 atom stereocenters. The first-order valence-corrected chi connectivity index (χ1v) is 8.01. The minimum absolute atomic E-state index is 0.0839. The number of fused-ring (bicyclic) bond motifs is 1. The topological polar surface area (TPSA) is 106 Å². The van der Waals surface area contributed by atoms with E-state index in [-0.39, 0.29) is 11.5 Å². The highest BCUT2D eigenvalue weighted by molar-refractivity contribution is 6.07. The fourth-order valence-electron chi connectivity index (χ4n) is 2.62. The highest BCUT2D eigenvalue weighted by atomic mass is 16.5. The summed E-state index contributed by atoms with van der Waals surface area (Å²) in [4.78, 5) is 28.3. The zero-order chi connectivity index (χ0) is 18.8. The number of aromatic nitrogens is 3. The number of anilines is 1. The third-order valence-corrected chi connectivity index (χ3v) is 3.94. The minimum Gasteiger partial charge on any atom is -0.492 e. The molecule has 2 aromatic heterocycles.